The highest BCUT2D eigenvalue weighted by atomic mass is 35.5. The van der Waals surface area contributed by atoms with E-state index in [1.165, 1.54) is 31.7 Å². The molecule has 5 nitrogen and oxygen atoms in total. The van der Waals surface area contributed by atoms with Gasteiger partial charge in [-0.15, -0.1) is 0 Å². The Kier molecular flexibility index (Phi) is 5.68. The number of anilines is 2. The van der Waals surface area contributed by atoms with Gasteiger partial charge in [0.05, 0.1) is 0 Å². The van der Waals surface area contributed by atoms with Crippen LogP contribution in [0.2, 0.25) is 5.02 Å². The van der Waals surface area contributed by atoms with E-state index in [2.05, 4.69) is 20.3 Å². The van der Waals surface area contributed by atoms with Crippen molar-refractivity contribution in [1.82, 2.24) is 15.0 Å². The number of benzene rings is 1. The summed E-state index contributed by atoms with van der Waals surface area (Å²) in [4.78, 5) is 12.1. The van der Waals surface area contributed by atoms with E-state index in [0.29, 0.717) is 11.9 Å². The zero-order valence-corrected chi connectivity index (χ0v) is 15.0. The first-order valence-corrected chi connectivity index (χ1v) is 9.05. The molecular weight excluding hydrogens is 341 g/mol. The molecule has 2 aromatic rings. The summed E-state index contributed by atoms with van der Waals surface area (Å²) in [6.45, 7) is 1.39. The van der Waals surface area contributed by atoms with Gasteiger partial charge in [0.2, 0.25) is 11.9 Å². The molecule has 0 amide bonds. The molecule has 1 fully saturated rings. The number of alkyl halides is 1. The number of nitrogens with two attached hydrogens (primary N) is 1. The van der Waals surface area contributed by atoms with Crippen LogP contribution < -0.4 is 11.1 Å². The highest BCUT2D eigenvalue weighted by Gasteiger charge is 2.28. The number of nitrogens with zero attached hydrogens (tertiary/aromatic N) is 3. The van der Waals surface area contributed by atoms with Crippen LogP contribution in [0.4, 0.5) is 16.3 Å². The molecule has 0 radical (unpaired) electrons. The van der Waals surface area contributed by atoms with Gasteiger partial charge in [0.1, 0.15) is 0 Å². The van der Waals surface area contributed by atoms with E-state index < -0.39 is 6.17 Å². The van der Waals surface area contributed by atoms with Crippen LogP contribution in [-0.4, -0.2) is 21.0 Å². The summed E-state index contributed by atoms with van der Waals surface area (Å²) >= 11 is 5.94. The van der Waals surface area contributed by atoms with Gasteiger partial charge in [-0.3, -0.25) is 0 Å². The van der Waals surface area contributed by atoms with Gasteiger partial charge in [-0.25, -0.2) is 4.39 Å². The quantitative estimate of drug-likeness (QED) is 0.764. The highest BCUT2D eigenvalue weighted by molar-refractivity contribution is 6.30. The smallest absolute Gasteiger partial charge is 0.228 e. The molecule has 1 aromatic heterocycles. The maximum atomic E-state index is 13.5. The number of rotatable bonds is 7. The lowest BCUT2D eigenvalue weighted by atomic mass is 9.78. The van der Waals surface area contributed by atoms with Gasteiger partial charge >= 0.3 is 0 Å². The number of aryl methyl sites for hydroxylation is 1. The fraction of sp³-hybridized carbons (Fsp3) is 0.500. The Bertz CT molecular complexity index is 703. The van der Waals surface area contributed by atoms with Crippen LogP contribution in [0.5, 0.6) is 0 Å². The maximum Gasteiger partial charge on any atom is 0.228 e. The molecule has 3 rings (SSSR count). The summed E-state index contributed by atoms with van der Waals surface area (Å²) in [5.41, 5.74) is 6.93. The third-order valence-electron chi connectivity index (χ3n) is 4.72. The van der Waals surface area contributed by atoms with Gasteiger partial charge in [-0.1, -0.05) is 30.2 Å². The number of hydrogen-bond donors (Lipinski definition) is 2. The Morgan fingerprint density at radius 2 is 1.96 bits per heavy atom. The van der Waals surface area contributed by atoms with Crippen LogP contribution in [-0.2, 0) is 6.42 Å². The predicted octanol–water partition coefficient (Wildman–Crippen LogP) is 4.35. The fourth-order valence-corrected chi connectivity index (χ4v) is 3.18. The molecule has 2 atom stereocenters. The molecule has 0 bridgehead atoms. The number of hydrogen-bond acceptors (Lipinski definition) is 5. The molecule has 134 valence electrons. The molecule has 1 heterocycles. The highest BCUT2D eigenvalue weighted by Crippen LogP contribution is 2.33. The molecule has 7 heteroatoms. The Hall–Kier alpha value is -1.95. The second-order valence-electron chi connectivity index (χ2n) is 6.60. The van der Waals surface area contributed by atoms with Crippen LogP contribution >= 0.6 is 11.6 Å². The van der Waals surface area contributed by atoms with Gasteiger partial charge < -0.3 is 11.1 Å². The lowest BCUT2D eigenvalue weighted by Gasteiger charge is -2.34. The summed E-state index contributed by atoms with van der Waals surface area (Å²) in [5.74, 6) is 1.05. The monoisotopic (exact) mass is 363 g/mol. The summed E-state index contributed by atoms with van der Waals surface area (Å²) < 4.78 is 13.5. The number of halogens is 2. The normalized spacial score (nSPS) is 16.9. The molecule has 0 saturated heterocycles. The molecular formula is C18H23ClFN5. The molecule has 3 N–H and O–H groups in total. The topological polar surface area (TPSA) is 76.7 Å². The van der Waals surface area contributed by atoms with Crippen molar-refractivity contribution in [2.45, 2.75) is 51.2 Å². The Balaban J connectivity index is 1.69. The van der Waals surface area contributed by atoms with Crippen molar-refractivity contribution in [2.75, 3.05) is 11.1 Å². The van der Waals surface area contributed by atoms with Crippen LogP contribution in [0.15, 0.2) is 24.3 Å². The summed E-state index contributed by atoms with van der Waals surface area (Å²) in [5, 5.41) is 4.11. The molecule has 25 heavy (non-hydrogen) atoms. The lowest BCUT2D eigenvalue weighted by molar-refractivity contribution is 0.265. The van der Waals surface area contributed by atoms with E-state index in [1.54, 1.807) is 0 Å². The standard InChI is InChI=1S/C18H23ClFN5/c1-11(20)16-23-17(21)25-18(24-16)22-15(13-3-2-4-13)10-7-12-5-8-14(19)9-6-12/h5-6,8-9,11,13,15H,2-4,7,10H2,1H3,(H3,21,22,23,24,25)/t11-,15-/m0/s1. The Morgan fingerprint density at radius 1 is 1.24 bits per heavy atom. The van der Waals surface area contributed by atoms with Gasteiger partial charge in [-0.05, 0) is 56.2 Å². The van der Waals surface area contributed by atoms with Crippen molar-refractivity contribution >= 4 is 23.5 Å². The molecule has 0 unspecified atom stereocenters. The van der Waals surface area contributed by atoms with E-state index in [4.69, 9.17) is 17.3 Å². The van der Waals surface area contributed by atoms with Crippen LogP contribution in [0, 0.1) is 5.92 Å². The fourth-order valence-electron chi connectivity index (χ4n) is 3.06. The van der Waals surface area contributed by atoms with Gasteiger partial charge in [0, 0.05) is 11.1 Å². The van der Waals surface area contributed by atoms with E-state index in [0.717, 1.165) is 17.9 Å². The van der Waals surface area contributed by atoms with Crippen LogP contribution in [0.1, 0.15) is 50.2 Å². The third-order valence-corrected chi connectivity index (χ3v) is 4.97. The summed E-state index contributed by atoms with van der Waals surface area (Å²) in [7, 11) is 0. The first kappa shape index (κ1) is 17.9. The largest absolute Gasteiger partial charge is 0.368 e. The first-order chi connectivity index (χ1) is 12.0. The second-order valence-corrected chi connectivity index (χ2v) is 7.03. The molecule has 1 saturated carbocycles. The second kappa shape index (κ2) is 7.95. The zero-order chi connectivity index (χ0) is 17.8. The van der Waals surface area contributed by atoms with Crippen molar-refractivity contribution in [3.05, 3.63) is 40.7 Å². The molecule has 1 aliphatic rings. The minimum Gasteiger partial charge on any atom is -0.368 e. The van der Waals surface area contributed by atoms with Crippen molar-refractivity contribution in [3.8, 4) is 0 Å². The molecule has 0 aliphatic heterocycles. The van der Waals surface area contributed by atoms with Gasteiger partial charge in [0.25, 0.3) is 0 Å². The number of aromatic nitrogens is 3. The Morgan fingerprint density at radius 3 is 2.56 bits per heavy atom. The van der Waals surface area contributed by atoms with E-state index >= 15 is 0 Å². The van der Waals surface area contributed by atoms with Gasteiger partial charge in [-0.2, -0.15) is 15.0 Å². The first-order valence-electron chi connectivity index (χ1n) is 8.68. The van der Waals surface area contributed by atoms with Crippen LogP contribution in [0.25, 0.3) is 0 Å². The van der Waals surface area contributed by atoms with Gasteiger partial charge in [0.15, 0.2) is 12.0 Å². The molecule has 0 spiro atoms. The minimum absolute atomic E-state index is 0.0436. The van der Waals surface area contributed by atoms with Crippen LogP contribution in [0.3, 0.4) is 0 Å². The zero-order valence-electron chi connectivity index (χ0n) is 14.3. The van der Waals surface area contributed by atoms with Crippen molar-refractivity contribution in [2.24, 2.45) is 5.92 Å². The lowest BCUT2D eigenvalue weighted by Crippen LogP contribution is -2.35. The van der Waals surface area contributed by atoms with Crippen molar-refractivity contribution < 1.29 is 4.39 Å². The Labute approximate surface area is 152 Å². The average molecular weight is 364 g/mol. The summed E-state index contributed by atoms with van der Waals surface area (Å²) in [6, 6.07) is 8.14. The SMILES string of the molecule is C[C@H](F)c1nc(N)nc(N[C@@H](CCc2ccc(Cl)cc2)C2CCC2)n1. The van der Waals surface area contributed by atoms with Crippen molar-refractivity contribution in [3.63, 3.8) is 0 Å². The maximum absolute atomic E-state index is 13.5. The van der Waals surface area contributed by atoms with E-state index in [9.17, 15) is 4.39 Å². The number of nitrogen functional groups attached to an aromatic ring is 1. The van der Waals surface area contributed by atoms with Crippen molar-refractivity contribution in [1.29, 1.82) is 0 Å². The minimum atomic E-state index is -1.28. The average Bonchev–Trinajstić information content (AvgIpc) is 2.52. The predicted molar refractivity (Wildman–Crippen MR) is 98.3 cm³/mol. The van der Waals surface area contributed by atoms with E-state index in [1.807, 2.05) is 24.3 Å². The summed E-state index contributed by atoms with van der Waals surface area (Å²) in [6.07, 6.45) is 4.21. The third kappa shape index (κ3) is 4.78. The molecule has 1 aliphatic carbocycles. The molecule has 1 aromatic carbocycles. The van der Waals surface area contributed by atoms with E-state index in [-0.39, 0.29) is 17.8 Å². The number of nitrogens with one attached hydrogen (secondary N) is 1.